The standard InChI is InChI=1S/C9H17N/c1-7-5-8(2)10(4)9(3)6-7/h5,8-9H,6H2,1-4H3/t8-,9+/m0/s1. The van der Waals surface area contributed by atoms with Gasteiger partial charge in [0.05, 0.1) is 0 Å². The quantitative estimate of drug-likeness (QED) is 0.464. The number of hydrogen-bond donors (Lipinski definition) is 0. The van der Waals surface area contributed by atoms with E-state index in [4.69, 9.17) is 0 Å². The highest BCUT2D eigenvalue weighted by Crippen LogP contribution is 2.19. The van der Waals surface area contributed by atoms with Crippen molar-refractivity contribution >= 4 is 0 Å². The maximum absolute atomic E-state index is 2.41. The SMILES string of the molecule is CC1=C[C@H](C)N(C)[C@H](C)C1. The van der Waals surface area contributed by atoms with Crippen LogP contribution in [0.2, 0.25) is 0 Å². The molecule has 0 fully saturated rings. The average molecular weight is 139 g/mol. The second-order valence-corrected chi connectivity index (χ2v) is 3.47. The second-order valence-electron chi connectivity index (χ2n) is 3.47. The van der Waals surface area contributed by atoms with Gasteiger partial charge >= 0.3 is 0 Å². The topological polar surface area (TPSA) is 3.24 Å². The first-order valence-corrected chi connectivity index (χ1v) is 4.00. The van der Waals surface area contributed by atoms with Crippen molar-refractivity contribution in [2.75, 3.05) is 7.05 Å². The number of hydrogen-bond acceptors (Lipinski definition) is 1. The molecule has 0 unspecified atom stereocenters. The van der Waals surface area contributed by atoms with Crippen LogP contribution in [0.4, 0.5) is 0 Å². The molecule has 10 heavy (non-hydrogen) atoms. The summed E-state index contributed by atoms with van der Waals surface area (Å²) in [5, 5.41) is 0. The van der Waals surface area contributed by atoms with Gasteiger partial charge in [0.15, 0.2) is 0 Å². The molecule has 0 amide bonds. The molecule has 58 valence electrons. The molecule has 0 aliphatic carbocycles. The maximum Gasteiger partial charge on any atom is 0.0252 e. The van der Waals surface area contributed by atoms with Gasteiger partial charge in [-0.1, -0.05) is 11.6 Å². The Hall–Kier alpha value is -0.300. The Kier molecular flexibility index (Phi) is 2.14. The first kappa shape index (κ1) is 7.80. The van der Waals surface area contributed by atoms with Gasteiger partial charge in [-0.15, -0.1) is 0 Å². The van der Waals surface area contributed by atoms with Crippen molar-refractivity contribution in [1.82, 2.24) is 4.90 Å². The summed E-state index contributed by atoms with van der Waals surface area (Å²) in [4.78, 5) is 2.41. The summed E-state index contributed by atoms with van der Waals surface area (Å²) in [5.41, 5.74) is 1.54. The Morgan fingerprint density at radius 1 is 1.50 bits per heavy atom. The highest BCUT2D eigenvalue weighted by atomic mass is 15.1. The van der Waals surface area contributed by atoms with Crippen molar-refractivity contribution in [3.63, 3.8) is 0 Å². The third kappa shape index (κ3) is 1.40. The van der Waals surface area contributed by atoms with Gasteiger partial charge in [0.2, 0.25) is 0 Å². The second kappa shape index (κ2) is 2.75. The van der Waals surface area contributed by atoms with Gasteiger partial charge in [-0.2, -0.15) is 0 Å². The van der Waals surface area contributed by atoms with Gasteiger partial charge in [-0.25, -0.2) is 0 Å². The van der Waals surface area contributed by atoms with E-state index in [0.717, 1.165) is 6.04 Å². The first-order valence-electron chi connectivity index (χ1n) is 4.00. The fraction of sp³-hybridized carbons (Fsp3) is 0.778. The van der Waals surface area contributed by atoms with Crippen LogP contribution in [0.25, 0.3) is 0 Å². The summed E-state index contributed by atoms with van der Waals surface area (Å²) in [6.07, 6.45) is 3.58. The zero-order chi connectivity index (χ0) is 7.72. The lowest BCUT2D eigenvalue weighted by Crippen LogP contribution is -2.38. The number of likely N-dealkylation sites (N-methyl/N-ethyl adjacent to an activating group) is 1. The van der Waals surface area contributed by atoms with E-state index in [2.05, 4.69) is 38.8 Å². The van der Waals surface area contributed by atoms with Gasteiger partial charge in [0.25, 0.3) is 0 Å². The van der Waals surface area contributed by atoms with Crippen LogP contribution in [0.15, 0.2) is 11.6 Å². The molecule has 0 saturated carbocycles. The molecule has 1 nitrogen and oxygen atoms in total. The van der Waals surface area contributed by atoms with E-state index < -0.39 is 0 Å². The number of rotatable bonds is 0. The van der Waals surface area contributed by atoms with E-state index in [-0.39, 0.29) is 0 Å². The molecule has 0 bridgehead atoms. The fourth-order valence-corrected chi connectivity index (χ4v) is 1.61. The molecule has 1 heterocycles. The third-order valence-electron chi connectivity index (χ3n) is 2.48. The highest BCUT2D eigenvalue weighted by molar-refractivity contribution is 5.09. The van der Waals surface area contributed by atoms with E-state index in [1.165, 1.54) is 12.0 Å². The molecule has 0 radical (unpaired) electrons. The summed E-state index contributed by atoms with van der Waals surface area (Å²) in [6.45, 7) is 6.76. The van der Waals surface area contributed by atoms with Crippen LogP contribution in [0, 0.1) is 0 Å². The molecular weight excluding hydrogens is 122 g/mol. The molecule has 1 heteroatoms. The van der Waals surface area contributed by atoms with E-state index in [9.17, 15) is 0 Å². The molecule has 1 aliphatic heterocycles. The Morgan fingerprint density at radius 3 is 2.60 bits per heavy atom. The molecule has 0 aromatic rings. The van der Waals surface area contributed by atoms with Crippen molar-refractivity contribution in [3.8, 4) is 0 Å². The van der Waals surface area contributed by atoms with Crippen LogP contribution in [0.5, 0.6) is 0 Å². The van der Waals surface area contributed by atoms with Gasteiger partial charge in [0.1, 0.15) is 0 Å². The minimum absolute atomic E-state index is 0.628. The molecule has 2 atom stereocenters. The van der Waals surface area contributed by atoms with Crippen LogP contribution >= 0.6 is 0 Å². The van der Waals surface area contributed by atoms with Crippen molar-refractivity contribution in [1.29, 1.82) is 0 Å². The Bertz CT molecular complexity index is 149. The summed E-state index contributed by atoms with van der Waals surface area (Å²) >= 11 is 0. The largest absolute Gasteiger partial charge is 0.297 e. The van der Waals surface area contributed by atoms with Gasteiger partial charge in [0, 0.05) is 12.1 Å². The van der Waals surface area contributed by atoms with Crippen molar-refractivity contribution in [3.05, 3.63) is 11.6 Å². The molecule has 0 N–H and O–H groups in total. The predicted octanol–water partition coefficient (Wildman–Crippen LogP) is 2.05. The highest BCUT2D eigenvalue weighted by Gasteiger charge is 2.18. The zero-order valence-corrected chi connectivity index (χ0v) is 7.39. The molecule has 0 spiro atoms. The Morgan fingerprint density at radius 2 is 2.10 bits per heavy atom. The van der Waals surface area contributed by atoms with Crippen LogP contribution in [-0.2, 0) is 0 Å². The van der Waals surface area contributed by atoms with Crippen molar-refractivity contribution in [2.45, 2.75) is 39.3 Å². The van der Waals surface area contributed by atoms with Crippen LogP contribution in [0.3, 0.4) is 0 Å². The van der Waals surface area contributed by atoms with Crippen molar-refractivity contribution < 1.29 is 0 Å². The molecule has 0 aromatic heterocycles. The minimum atomic E-state index is 0.628. The zero-order valence-electron chi connectivity index (χ0n) is 7.39. The smallest absolute Gasteiger partial charge is 0.0252 e. The predicted molar refractivity (Wildman–Crippen MR) is 45.1 cm³/mol. The van der Waals surface area contributed by atoms with Crippen molar-refractivity contribution in [2.24, 2.45) is 0 Å². The fourth-order valence-electron chi connectivity index (χ4n) is 1.61. The summed E-state index contributed by atoms with van der Waals surface area (Å²) in [6, 6.07) is 1.35. The lowest BCUT2D eigenvalue weighted by molar-refractivity contribution is 0.211. The Balaban J connectivity index is 2.69. The first-order chi connectivity index (χ1) is 4.61. The Labute approximate surface area is 63.7 Å². The molecule has 0 aromatic carbocycles. The third-order valence-corrected chi connectivity index (χ3v) is 2.48. The summed E-state index contributed by atoms with van der Waals surface area (Å²) in [5.74, 6) is 0. The lowest BCUT2D eigenvalue weighted by atomic mass is 9.99. The maximum atomic E-state index is 2.41. The normalized spacial score (nSPS) is 35.8. The van der Waals surface area contributed by atoms with E-state index in [1.807, 2.05) is 0 Å². The molecule has 1 rings (SSSR count). The molecule has 0 saturated heterocycles. The van der Waals surface area contributed by atoms with E-state index in [1.54, 1.807) is 0 Å². The monoisotopic (exact) mass is 139 g/mol. The molecular formula is C9H17N. The summed E-state index contributed by atoms with van der Waals surface area (Å²) < 4.78 is 0. The van der Waals surface area contributed by atoms with E-state index >= 15 is 0 Å². The average Bonchev–Trinajstić information content (AvgIpc) is 1.82. The number of nitrogens with zero attached hydrogens (tertiary/aromatic N) is 1. The molecule has 1 aliphatic rings. The van der Waals surface area contributed by atoms with Crippen LogP contribution < -0.4 is 0 Å². The van der Waals surface area contributed by atoms with Gasteiger partial charge in [-0.3, -0.25) is 4.90 Å². The van der Waals surface area contributed by atoms with Gasteiger partial charge in [-0.05, 0) is 34.2 Å². The minimum Gasteiger partial charge on any atom is -0.297 e. The van der Waals surface area contributed by atoms with Crippen LogP contribution in [0.1, 0.15) is 27.2 Å². The lowest BCUT2D eigenvalue weighted by Gasteiger charge is -2.33. The van der Waals surface area contributed by atoms with Gasteiger partial charge < -0.3 is 0 Å². The van der Waals surface area contributed by atoms with Crippen LogP contribution in [-0.4, -0.2) is 24.0 Å². The van der Waals surface area contributed by atoms with E-state index in [0.29, 0.717) is 6.04 Å². The summed E-state index contributed by atoms with van der Waals surface area (Å²) in [7, 11) is 2.19.